The molecule has 0 aliphatic carbocycles. The maximum Gasteiger partial charge on any atom is 0.253 e. The van der Waals surface area contributed by atoms with Crippen LogP contribution < -0.4 is 25.3 Å². The molecule has 0 aromatic heterocycles. The molecule has 0 aliphatic heterocycles. The zero-order valence-corrected chi connectivity index (χ0v) is 16.5. The molecule has 150 valence electrons. The van der Waals surface area contributed by atoms with E-state index in [0.717, 1.165) is 11.1 Å². The Kier molecular flexibility index (Phi) is 6.58. The molecule has 0 aliphatic rings. The van der Waals surface area contributed by atoms with Gasteiger partial charge in [-0.15, -0.1) is 0 Å². The van der Waals surface area contributed by atoms with Gasteiger partial charge >= 0.3 is 0 Å². The van der Waals surface area contributed by atoms with Crippen LogP contribution in [0.1, 0.15) is 21.5 Å². The van der Waals surface area contributed by atoms with Crippen LogP contribution in [0.25, 0.3) is 0 Å². The summed E-state index contributed by atoms with van der Waals surface area (Å²) in [5, 5.41) is 2.88. The number of carbonyl (C=O) groups excluding carboxylic acids is 1. The van der Waals surface area contributed by atoms with E-state index in [1.54, 1.807) is 38.5 Å². The van der Waals surface area contributed by atoms with Crippen molar-refractivity contribution in [3.05, 3.63) is 83.4 Å². The molecule has 0 spiro atoms. The maximum atomic E-state index is 12.6. The summed E-state index contributed by atoms with van der Waals surface area (Å²) < 4.78 is 16.3. The molecule has 0 unspecified atom stereocenters. The molecule has 0 heterocycles. The second-order valence-electron chi connectivity index (χ2n) is 6.40. The van der Waals surface area contributed by atoms with Crippen molar-refractivity contribution in [2.75, 3.05) is 20.0 Å². The minimum absolute atomic E-state index is 0.276. The molecule has 6 nitrogen and oxygen atoms in total. The van der Waals surface area contributed by atoms with Gasteiger partial charge in [-0.3, -0.25) is 4.79 Å². The van der Waals surface area contributed by atoms with Gasteiger partial charge in [0.25, 0.3) is 5.91 Å². The fourth-order valence-corrected chi connectivity index (χ4v) is 2.83. The largest absolute Gasteiger partial charge is 0.493 e. The van der Waals surface area contributed by atoms with Gasteiger partial charge in [0.15, 0.2) is 11.5 Å². The summed E-state index contributed by atoms with van der Waals surface area (Å²) in [5.41, 5.74) is 8.68. The van der Waals surface area contributed by atoms with E-state index in [4.69, 9.17) is 19.9 Å². The molecular weight excluding hydrogens is 368 g/mol. The van der Waals surface area contributed by atoms with Gasteiger partial charge in [0, 0.05) is 12.2 Å². The summed E-state index contributed by atoms with van der Waals surface area (Å²) in [7, 11) is 3.15. The first-order valence-electron chi connectivity index (χ1n) is 9.16. The lowest BCUT2D eigenvalue weighted by Crippen LogP contribution is -2.23. The molecule has 29 heavy (non-hydrogen) atoms. The zero-order chi connectivity index (χ0) is 20.6. The van der Waals surface area contributed by atoms with Crippen LogP contribution in [0.15, 0.2) is 66.7 Å². The first kappa shape index (κ1) is 20.1. The van der Waals surface area contributed by atoms with Crippen LogP contribution in [0, 0.1) is 0 Å². The normalized spacial score (nSPS) is 10.3. The highest BCUT2D eigenvalue weighted by atomic mass is 16.5. The van der Waals surface area contributed by atoms with Crippen LogP contribution in [0.2, 0.25) is 0 Å². The Morgan fingerprint density at radius 2 is 1.66 bits per heavy atom. The zero-order valence-electron chi connectivity index (χ0n) is 16.5. The second kappa shape index (κ2) is 9.50. The Morgan fingerprint density at radius 3 is 2.38 bits per heavy atom. The number of anilines is 1. The molecule has 1 amide bonds. The van der Waals surface area contributed by atoms with E-state index in [0.29, 0.717) is 41.7 Å². The second-order valence-corrected chi connectivity index (χ2v) is 6.40. The molecule has 0 saturated carbocycles. The van der Waals surface area contributed by atoms with Gasteiger partial charge in [-0.2, -0.15) is 0 Å². The van der Waals surface area contributed by atoms with E-state index >= 15 is 0 Å². The number of carbonyl (C=O) groups is 1. The number of nitrogens with one attached hydrogen (secondary N) is 1. The Morgan fingerprint density at radius 1 is 0.897 bits per heavy atom. The Bertz CT molecular complexity index is 974. The maximum absolute atomic E-state index is 12.6. The van der Waals surface area contributed by atoms with Gasteiger partial charge < -0.3 is 25.3 Å². The molecular formula is C23H24N2O4. The van der Waals surface area contributed by atoms with Gasteiger partial charge in [-0.25, -0.2) is 0 Å². The van der Waals surface area contributed by atoms with Crippen molar-refractivity contribution in [3.63, 3.8) is 0 Å². The summed E-state index contributed by atoms with van der Waals surface area (Å²) in [6.07, 6.45) is 0. The number of amides is 1. The number of rotatable bonds is 8. The van der Waals surface area contributed by atoms with Crippen molar-refractivity contribution < 1.29 is 19.0 Å². The molecule has 3 N–H and O–H groups in total. The first-order chi connectivity index (χ1) is 14.1. The molecule has 6 heteroatoms. The monoisotopic (exact) mass is 392 g/mol. The van der Waals surface area contributed by atoms with Crippen molar-refractivity contribution in [1.82, 2.24) is 5.32 Å². The summed E-state index contributed by atoms with van der Waals surface area (Å²) in [4.78, 5) is 12.6. The fraction of sp³-hybridized carbons (Fsp3) is 0.174. The number of nitrogens with two attached hydrogens (primary N) is 1. The van der Waals surface area contributed by atoms with Crippen LogP contribution >= 0.6 is 0 Å². The van der Waals surface area contributed by atoms with Crippen molar-refractivity contribution in [2.45, 2.75) is 13.2 Å². The van der Waals surface area contributed by atoms with E-state index in [1.807, 2.05) is 42.5 Å². The van der Waals surface area contributed by atoms with Crippen LogP contribution in [-0.2, 0) is 13.2 Å². The third-order valence-corrected chi connectivity index (χ3v) is 4.42. The number of benzene rings is 3. The van der Waals surface area contributed by atoms with Gasteiger partial charge in [0.2, 0.25) is 0 Å². The highest BCUT2D eigenvalue weighted by molar-refractivity contribution is 5.99. The highest BCUT2D eigenvalue weighted by Crippen LogP contribution is 2.27. The van der Waals surface area contributed by atoms with Gasteiger partial charge in [0.05, 0.1) is 19.8 Å². The molecule has 0 bridgehead atoms. The quantitative estimate of drug-likeness (QED) is 0.570. The number of ether oxygens (including phenoxy) is 3. The van der Waals surface area contributed by atoms with Crippen molar-refractivity contribution in [1.29, 1.82) is 0 Å². The summed E-state index contributed by atoms with van der Waals surface area (Å²) in [5.74, 6) is 1.55. The number of nitrogen functional groups attached to an aromatic ring is 1. The standard InChI is InChI=1S/C23H24N2O4/c1-27-21-11-8-17(12-22(21)28-2)14-25-23(26)19-13-18(9-10-20(19)24)29-15-16-6-4-3-5-7-16/h3-13H,14-15,24H2,1-2H3,(H,25,26). The first-order valence-corrected chi connectivity index (χ1v) is 9.16. The molecule has 0 fully saturated rings. The number of hydrogen-bond donors (Lipinski definition) is 2. The summed E-state index contributed by atoms with van der Waals surface area (Å²) >= 11 is 0. The van der Waals surface area contributed by atoms with Crippen LogP contribution in [-0.4, -0.2) is 20.1 Å². The lowest BCUT2D eigenvalue weighted by atomic mass is 10.1. The molecule has 0 saturated heterocycles. The van der Waals surface area contributed by atoms with E-state index in [9.17, 15) is 4.79 Å². The topological polar surface area (TPSA) is 82.8 Å². The predicted molar refractivity (Wildman–Crippen MR) is 112 cm³/mol. The lowest BCUT2D eigenvalue weighted by Gasteiger charge is -2.12. The van der Waals surface area contributed by atoms with Gasteiger partial charge in [-0.1, -0.05) is 36.4 Å². The molecule has 3 rings (SSSR count). The number of methoxy groups -OCH3 is 2. The van der Waals surface area contributed by atoms with Crippen molar-refractivity contribution in [3.8, 4) is 17.2 Å². The van der Waals surface area contributed by atoms with Gasteiger partial charge in [-0.05, 0) is 41.5 Å². The van der Waals surface area contributed by atoms with Crippen LogP contribution in [0.4, 0.5) is 5.69 Å². The molecule has 0 atom stereocenters. The lowest BCUT2D eigenvalue weighted by molar-refractivity contribution is 0.0951. The van der Waals surface area contributed by atoms with E-state index in [1.165, 1.54) is 0 Å². The average molecular weight is 392 g/mol. The number of hydrogen-bond acceptors (Lipinski definition) is 5. The Labute approximate surface area is 170 Å². The average Bonchev–Trinajstić information content (AvgIpc) is 2.77. The summed E-state index contributed by atoms with van der Waals surface area (Å²) in [6.45, 7) is 0.741. The van der Waals surface area contributed by atoms with E-state index in [2.05, 4.69) is 5.32 Å². The fourth-order valence-electron chi connectivity index (χ4n) is 2.83. The SMILES string of the molecule is COc1ccc(CNC(=O)c2cc(OCc3ccccc3)ccc2N)cc1OC. The predicted octanol–water partition coefficient (Wildman–Crippen LogP) is 3.80. The van der Waals surface area contributed by atoms with Crippen LogP contribution in [0.3, 0.4) is 0 Å². The molecule has 3 aromatic carbocycles. The molecule has 3 aromatic rings. The minimum atomic E-state index is -0.276. The Hall–Kier alpha value is -3.67. The third-order valence-electron chi connectivity index (χ3n) is 4.42. The summed E-state index contributed by atoms with van der Waals surface area (Å²) in [6, 6.07) is 20.4. The van der Waals surface area contributed by atoms with Gasteiger partial charge in [0.1, 0.15) is 12.4 Å². The molecule has 0 radical (unpaired) electrons. The van der Waals surface area contributed by atoms with Crippen molar-refractivity contribution in [2.24, 2.45) is 0 Å². The van der Waals surface area contributed by atoms with E-state index < -0.39 is 0 Å². The Balaban J connectivity index is 1.65. The smallest absolute Gasteiger partial charge is 0.253 e. The van der Waals surface area contributed by atoms with Crippen molar-refractivity contribution >= 4 is 11.6 Å². The van der Waals surface area contributed by atoms with E-state index in [-0.39, 0.29) is 5.91 Å². The minimum Gasteiger partial charge on any atom is -0.493 e. The third kappa shape index (κ3) is 5.19. The highest BCUT2D eigenvalue weighted by Gasteiger charge is 2.12. The van der Waals surface area contributed by atoms with Crippen LogP contribution in [0.5, 0.6) is 17.2 Å².